The van der Waals surface area contributed by atoms with Gasteiger partial charge in [0.15, 0.2) is 5.82 Å². The molecule has 0 radical (unpaired) electrons. The molecule has 102 valence electrons. The molecule has 20 heavy (non-hydrogen) atoms. The number of rotatable bonds is 4. The quantitative estimate of drug-likeness (QED) is 0.734. The molecule has 7 nitrogen and oxygen atoms in total. The highest BCUT2D eigenvalue weighted by Crippen LogP contribution is 2.16. The second-order valence-corrected chi connectivity index (χ2v) is 4.48. The fourth-order valence-corrected chi connectivity index (χ4v) is 2.02. The smallest absolute Gasteiger partial charge is 0.239 e. The molecule has 0 aliphatic rings. The zero-order valence-electron chi connectivity index (χ0n) is 10.8. The normalized spacial score (nSPS) is 10.9. The molecule has 0 amide bonds. The summed E-state index contributed by atoms with van der Waals surface area (Å²) >= 11 is 5.98. The Morgan fingerprint density at radius 1 is 1.15 bits per heavy atom. The van der Waals surface area contributed by atoms with Crippen LogP contribution in [-0.2, 0) is 6.54 Å². The van der Waals surface area contributed by atoms with Crippen LogP contribution in [0.15, 0.2) is 31.1 Å². The summed E-state index contributed by atoms with van der Waals surface area (Å²) < 4.78 is 3.66. The summed E-state index contributed by atoms with van der Waals surface area (Å²) in [5, 5.41) is 0.129. The van der Waals surface area contributed by atoms with E-state index in [0.717, 1.165) is 13.0 Å². The molecule has 0 saturated carbocycles. The molecule has 0 spiro atoms. The number of hydrogen-bond acceptors (Lipinski definition) is 5. The average molecular weight is 290 g/mol. The van der Waals surface area contributed by atoms with Gasteiger partial charge in [-0.1, -0.05) is 6.92 Å². The molecule has 0 bridgehead atoms. The lowest BCUT2D eigenvalue weighted by Gasteiger charge is -2.06. The zero-order valence-corrected chi connectivity index (χ0v) is 11.6. The van der Waals surface area contributed by atoms with E-state index in [4.69, 9.17) is 11.6 Å². The third-order valence-electron chi connectivity index (χ3n) is 2.71. The minimum Gasteiger partial charge on any atom is -0.328 e. The van der Waals surface area contributed by atoms with Crippen molar-refractivity contribution in [2.24, 2.45) is 0 Å². The van der Waals surface area contributed by atoms with Crippen LogP contribution in [0.25, 0.3) is 17.6 Å². The Labute approximate surface area is 120 Å². The van der Waals surface area contributed by atoms with Gasteiger partial charge in [0, 0.05) is 31.3 Å². The number of aryl methyl sites for hydroxylation is 1. The summed E-state index contributed by atoms with van der Waals surface area (Å²) in [5.74, 6) is 1.55. The maximum Gasteiger partial charge on any atom is 0.239 e. The fraction of sp³-hybridized carbons (Fsp3) is 0.250. The van der Waals surface area contributed by atoms with E-state index >= 15 is 0 Å². The third kappa shape index (κ3) is 2.39. The van der Waals surface area contributed by atoms with Crippen molar-refractivity contribution in [3.05, 3.63) is 36.4 Å². The van der Waals surface area contributed by atoms with Crippen LogP contribution in [-0.4, -0.2) is 34.1 Å². The largest absolute Gasteiger partial charge is 0.328 e. The van der Waals surface area contributed by atoms with Crippen LogP contribution in [0.2, 0.25) is 5.28 Å². The number of aromatic nitrogens is 7. The van der Waals surface area contributed by atoms with Gasteiger partial charge in [0.1, 0.15) is 6.33 Å². The third-order valence-corrected chi connectivity index (χ3v) is 2.88. The van der Waals surface area contributed by atoms with Gasteiger partial charge in [-0.2, -0.15) is 15.0 Å². The zero-order chi connectivity index (χ0) is 13.9. The van der Waals surface area contributed by atoms with Crippen LogP contribution in [0.5, 0.6) is 0 Å². The summed E-state index contributed by atoms with van der Waals surface area (Å²) in [5.41, 5.74) is 0. The van der Waals surface area contributed by atoms with E-state index in [1.807, 2.05) is 10.8 Å². The average Bonchev–Trinajstić information content (AvgIpc) is 3.09. The van der Waals surface area contributed by atoms with Gasteiger partial charge in [-0.25, -0.2) is 9.97 Å². The van der Waals surface area contributed by atoms with Gasteiger partial charge in [0.05, 0.1) is 0 Å². The topological polar surface area (TPSA) is 74.3 Å². The van der Waals surface area contributed by atoms with Crippen LogP contribution < -0.4 is 0 Å². The van der Waals surface area contributed by atoms with Crippen LogP contribution in [0, 0.1) is 0 Å². The van der Waals surface area contributed by atoms with E-state index in [1.165, 1.54) is 0 Å². The van der Waals surface area contributed by atoms with E-state index in [1.54, 1.807) is 29.5 Å². The predicted molar refractivity (Wildman–Crippen MR) is 73.5 cm³/mol. The first kappa shape index (κ1) is 12.7. The maximum absolute atomic E-state index is 5.98. The van der Waals surface area contributed by atoms with Gasteiger partial charge >= 0.3 is 0 Å². The van der Waals surface area contributed by atoms with Crippen molar-refractivity contribution in [2.75, 3.05) is 0 Å². The van der Waals surface area contributed by atoms with Gasteiger partial charge in [0.2, 0.25) is 17.1 Å². The molecular weight excluding hydrogens is 278 g/mol. The summed E-state index contributed by atoms with van der Waals surface area (Å²) in [6.45, 7) is 2.94. The standard InChI is InChI=1S/C12H12ClN7/c1-2-5-19-7-4-15-10(19)9-16-11(13)18-12(17-9)20-6-3-14-8-20/h3-4,6-8H,2,5H2,1H3. The predicted octanol–water partition coefficient (Wildman–Crippen LogP) is 1.98. The molecule has 0 aliphatic heterocycles. The number of nitrogens with zero attached hydrogens (tertiary/aromatic N) is 7. The van der Waals surface area contributed by atoms with Crippen molar-refractivity contribution in [2.45, 2.75) is 19.9 Å². The molecule has 0 aliphatic carbocycles. The highest BCUT2D eigenvalue weighted by molar-refractivity contribution is 6.28. The van der Waals surface area contributed by atoms with E-state index in [-0.39, 0.29) is 5.28 Å². The van der Waals surface area contributed by atoms with Gasteiger partial charge in [0.25, 0.3) is 0 Å². The van der Waals surface area contributed by atoms with Crippen molar-refractivity contribution in [1.29, 1.82) is 0 Å². The lowest BCUT2D eigenvalue weighted by atomic mass is 10.4. The molecule has 3 aromatic heterocycles. The van der Waals surface area contributed by atoms with E-state index < -0.39 is 0 Å². The Balaban J connectivity index is 2.08. The SMILES string of the molecule is CCCn1ccnc1-c1nc(Cl)nc(-n2ccnc2)n1. The van der Waals surface area contributed by atoms with Gasteiger partial charge < -0.3 is 4.57 Å². The Morgan fingerprint density at radius 3 is 2.80 bits per heavy atom. The Morgan fingerprint density at radius 2 is 2.05 bits per heavy atom. The summed E-state index contributed by atoms with van der Waals surface area (Å²) in [7, 11) is 0. The molecule has 3 aromatic rings. The first-order chi connectivity index (χ1) is 9.78. The highest BCUT2D eigenvalue weighted by atomic mass is 35.5. The second kappa shape index (κ2) is 5.38. The molecule has 3 heterocycles. The molecule has 0 unspecified atom stereocenters. The molecular formula is C12H12ClN7. The van der Waals surface area contributed by atoms with Crippen molar-refractivity contribution < 1.29 is 0 Å². The summed E-state index contributed by atoms with van der Waals surface area (Å²) in [4.78, 5) is 20.9. The Hall–Kier alpha value is -2.28. The Kier molecular flexibility index (Phi) is 3.42. The van der Waals surface area contributed by atoms with E-state index in [2.05, 4.69) is 31.8 Å². The minimum atomic E-state index is 0.129. The van der Waals surface area contributed by atoms with Crippen molar-refractivity contribution in [3.8, 4) is 17.6 Å². The summed E-state index contributed by atoms with van der Waals surface area (Å²) in [6.07, 6.45) is 9.61. The van der Waals surface area contributed by atoms with Crippen molar-refractivity contribution in [1.82, 2.24) is 34.1 Å². The number of halogens is 1. The first-order valence-electron chi connectivity index (χ1n) is 6.19. The lowest BCUT2D eigenvalue weighted by molar-refractivity contribution is 0.681. The molecule has 0 saturated heterocycles. The van der Waals surface area contributed by atoms with Crippen LogP contribution in [0.3, 0.4) is 0 Å². The van der Waals surface area contributed by atoms with Crippen molar-refractivity contribution >= 4 is 11.6 Å². The number of imidazole rings is 2. The highest BCUT2D eigenvalue weighted by Gasteiger charge is 2.13. The van der Waals surface area contributed by atoms with Crippen LogP contribution in [0.4, 0.5) is 0 Å². The molecule has 0 atom stereocenters. The van der Waals surface area contributed by atoms with E-state index in [9.17, 15) is 0 Å². The van der Waals surface area contributed by atoms with Gasteiger partial charge in [-0.05, 0) is 18.0 Å². The molecule has 0 aromatic carbocycles. The van der Waals surface area contributed by atoms with Crippen LogP contribution in [0.1, 0.15) is 13.3 Å². The van der Waals surface area contributed by atoms with Gasteiger partial charge in [-0.15, -0.1) is 0 Å². The maximum atomic E-state index is 5.98. The molecule has 0 fully saturated rings. The first-order valence-corrected chi connectivity index (χ1v) is 6.57. The van der Waals surface area contributed by atoms with Crippen LogP contribution >= 0.6 is 11.6 Å². The number of hydrogen-bond donors (Lipinski definition) is 0. The molecule has 3 rings (SSSR count). The molecule has 0 N–H and O–H groups in total. The molecule has 8 heteroatoms. The van der Waals surface area contributed by atoms with Crippen molar-refractivity contribution in [3.63, 3.8) is 0 Å². The Bertz CT molecular complexity index is 704. The second-order valence-electron chi connectivity index (χ2n) is 4.14. The van der Waals surface area contributed by atoms with E-state index in [0.29, 0.717) is 17.6 Å². The lowest BCUT2D eigenvalue weighted by Crippen LogP contribution is -2.06. The summed E-state index contributed by atoms with van der Waals surface area (Å²) in [6, 6.07) is 0. The monoisotopic (exact) mass is 289 g/mol. The van der Waals surface area contributed by atoms with Gasteiger partial charge in [-0.3, -0.25) is 4.57 Å². The fourth-order valence-electron chi connectivity index (χ4n) is 1.87. The minimum absolute atomic E-state index is 0.129.